The summed E-state index contributed by atoms with van der Waals surface area (Å²) in [6.45, 7) is 5.49. The van der Waals surface area contributed by atoms with Crippen molar-refractivity contribution in [2.24, 2.45) is 0 Å². The zero-order chi connectivity index (χ0) is 24.1. The van der Waals surface area contributed by atoms with Crippen LogP contribution in [0.3, 0.4) is 0 Å². The van der Waals surface area contributed by atoms with Crippen LogP contribution in [0.15, 0.2) is 60.7 Å². The normalized spacial score (nSPS) is 11.1. The highest BCUT2D eigenvalue weighted by atomic mass is 19.1. The van der Waals surface area contributed by atoms with E-state index in [2.05, 4.69) is 29.6 Å². The van der Waals surface area contributed by atoms with Crippen LogP contribution in [0.25, 0.3) is 10.9 Å². The number of halogens is 1. The Bertz CT molecular complexity index is 1290. The van der Waals surface area contributed by atoms with Crippen molar-refractivity contribution in [2.75, 3.05) is 37.9 Å². The first-order chi connectivity index (χ1) is 16.4. The van der Waals surface area contributed by atoms with Gasteiger partial charge in [0.25, 0.3) is 0 Å². The van der Waals surface area contributed by atoms with Crippen LogP contribution < -0.4 is 15.4 Å². The molecule has 0 atom stereocenters. The van der Waals surface area contributed by atoms with Gasteiger partial charge in [-0.05, 0) is 88.0 Å². The third-order valence-corrected chi connectivity index (χ3v) is 5.52. The maximum absolute atomic E-state index is 13.5. The Morgan fingerprint density at radius 3 is 2.44 bits per heavy atom. The summed E-state index contributed by atoms with van der Waals surface area (Å²) in [4.78, 5) is 11.6. The van der Waals surface area contributed by atoms with Gasteiger partial charge in [0.1, 0.15) is 17.4 Å². The Hall–Kier alpha value is -3.71. The van der Waals surface area contributed by atoms with E-state index in [0.29, 0.717) is 18.4 Å². The number of hydrogen-bond donors (Lipinski definition) is 2. The van der Waals surface area contributed by atoms with Crippen molar-refractivity contribution in [1.82, 2.24) is 14.9 Å². The molecule has 0 saturated carbocycles. The molecule has 0 bridgehead atoms. The van der Waals surface area contributed by atoms with Crippen molar-refractivity contribution in [3.63, 3.8) is 0 Å². The molecule has 0 amide bonds. The predicted molar refractivity (Wildman–Crippen MR) is 137 cm³/mol. The third kappa shape index (κ3) is 5.80. The molecule has 4 aromatic rings. The fraction of sp³-hybridized carbons (Fsp3) is 0.259. The molecule has 6 nitrogen and oxygen atoms in total. The van der Waals surface area contributed by atoms with E-state index in [0.717, 1.165) is 52.1 Å². The van der Waals surface area contributed by atoms with E-state index < -0.39 is 0 Å². The van der Waals surface area contributed by atoms with Crippen molar-refractivity contribution < 1.29 is 9.13 Å². The number of hydrogen-bond acceptors (Lipinski definition) is 6. The molecular weight excluding hydrogens is 429 g/mol. The minimum atomic E-state index is -0.275. The summed E-state index contributed by atoms with van der Waals surface area (Å²) in [5.74, 6) is 1.60. The molecule has 3 aromatic carbocycles. The van der Waals surface area contributed by atoms with Gasteiger partial charge >= 0.3 is 0 Å². The average Bonchev–Trinajstić information content (AvgIpc) is 2.80. The second-order valence-corrected chi connectivity index (χ2v) is 8.60. The first-order valence-corrected chi connectivity index (χ1v) is 11.3. The standard InChI is InChI=1S/C27H30FN5O/c1-18-8-5-6-9-23(18)29-26-22-17-21(34-15-7-14-33(3)4)11-13-25(22)31-27(32-26)30-24-12-10-20(28)16-19(24)2/h5-6,8-13,16-17H,7,14-15H2,1-4H3,(H2,29,30,31,32). The van der Waals surface area contributed by atoms with E-state index in [1.165, 1.54) is 12.1 Å². The number of nitrogens with one attached hydrogen (secondary N) is 2. The third-order valence-electron chi connectivity index (χ3n) is 5.52. The van der Waals surface area contributed by atoms with Gasteiger partial charge in [-0.1, -0.05) is 18.2 Å². The lowest BCUT2D eigenvalue weighted by Gasteiger charge is -2.15. The zero-order valence-electron chi connectivity index (χ0n) is 20.0. The van der Waals surface area contributed by atoms with Crippen LogP contribution in [0.1, 0.15) is 17.5 Å². The highest BCUT2D eigenvalue weighted by Crippen LogP contribution is 2.31. The molecule has 0 saturated heterocycles. The van der Waals surface area contributed by atoms with Gasteiger partial charge in [-0.15, -0.1) is 0 Å². The number of rotatable bonds is 9. The first kappa shape index (κ1) is 23.4. The van der Waals surface area contributed by atoms with Crippen LogP contribution in [-0.2, 0) is 0 Å². The summed E-state index contributed by atoms with van der Waals surface area (Å²) in [6, 6.07) is 18.5. The fourth-order valence-electron chi connectivity index (χ4n) is 3.65. The molecule has 1 heterocycles. The minimum absolute atomic E-state index is 0.275. The lowest BCUT2D eigenvalue weighted by Crippen LogP contribution is -2.15. The van der Waals surface area contributed by atoms with Crippen molar-refractivity contribution in [3.05, 3.63) is 77.6 Å². The molecular formula is C27H30FN5O. The molecule has 0 spiro atoms. The number of aromatic nitrogens is 2. The van der Waals surface area contributed by atoms with E-state index in [-0.39, 0.29) is 5.82 Å². The largest absolute Gasteiger partial charge is 0.494 e. The van der Waals surface area contributed by atoms with E-state index in [4.69, 9.17) is 14.7 Å². The monoisotopic (exact) mass is 459 g/mol. The maximum Gasteiger partial charge on any atom is 0.229 e. The summed E-state index contributed by atoms with van der Waals surface area (Å²) in [5.41, 5.74) is 4.37. The minimum Gasteiger partial charge on any atom is -0.494 e. The van der Waals surface area contributed by atoms with Crippen LogP contribution in [0.5, 0.6) is 5.75 Å². The molecule has 0 radical (unpaired) electrons. The predicted octanol–water partition coefficient (Wildman–Crippen LogP) is 6.20. The summed E-state index contributed by atoms with van der Waals surface area (Å²) in [6.07, 6.45) is 0.940. The number of ether oxygens (including phenoxy) is 1. The summed E-state index contributed by atoms with van der Waals surface area (Å²) in [7, 11) is 4.10. The van der Waals surface area contributed by atoms with Gasteiger partial charge in [0.15, 0.2) is 0 Å². The van der Waals surface area contributed by atoms with Crippen LogP contribution in [-0.4, -0.2) is 42.1 Å². The molecule has 176 valence electrons. The molecule has 0 aliphatic carbocycles. The molecule has 0 fully saturated rings. The molecule has 0 aliphatic rings. The Morgan fingerprint density at radius 1 is 0.882 bits per heavy atom. The highest BCUT2D eigenvalue weighted by molar-refractivity contribution is 5.93. The van der Waals surface area contributed by atoms with Gasteiger partial charge in [0, 0.05) is 23.3 Å². The van der Waals surface area contributed by atoms with Crippen LogP contribution >= 0.6 is 0 Å². The number of anilines is 4. The van der Waals surface area contributed by atoms with Gasteiger partial charge in [0.2, 0.25) is 5.95 Å². The van der Waals surface area contributed by atoms with Gasteiger partial charge < -0.3 is 20.3 Å². The van der Waals surface area contributed by atoms with Crippen LogP contribution in [0.2, 0.25) is 0 Å². The molecule has 34 heavy (non-hydrogen) atoms. The number of aryl methyl sites for hydroxylation is 2. The number of fused-ring (bicyclic) bond motifs is 1. The zero-order valence-corrected chi connectivity index (χ0v) is 20.0. The lowest BCUT2D eigenvalue weighted by atomic mass is 10.1. The fourth-order valence-corrected chi connectivity index (χ4v) is 3.65. The summed E-state index contributed by atoms with van der Waals surface area (Å²) in [5, 5.41) is 7.55. The van der Waals surface area contributed by atoms with E-state index in [1.807, 2.05) is 56.3 Å². The molecule has 7 heteroatoms. The van der Waals surface area contributed by atoms with Crippen molar-refractivity contribution in [1.29, 1.82) is 0 Å². The molecule has 2 N–H and O–H groups in total. The molecule has 0 aliphatic heterocycles. The van der Waals surface area contributed by atoms with Crippen LogP contribution in [0, 0.1) is 19.7 Å². The Labute approximate surface area is 199 Å². The van der Waals surface area contributed by atoms with Crippen molar-refractivity contribution in [2.45, 2.75) is 20.3 Å². The second-order valence-electron chi connectivity index (χ2n) is 8.60. The lowest BCUT2D eigenvalue weighted by molar-refractivity contribution is 0.282. The van der Waals surface area contributed by atoms with Crippen molar-refractivity contribution >= 4 is 34.0 Å². The van der Waals surface area contributed by atoms with E-state index >= 15 is 0 Å². The van der Waals surface area contributed by atoms with E-state index in [1.54, 1.807) is 6.07 Å². The van der Waals surface area contributed by atoms with Crippen LogP contribution in [0.4, 0.5) is 27.5 Å². The number of nitrogens with zero attached hydrogens (tertiary/aromatic N) is 3. The highest BCUT2D eigenvalue weighted by Gasteiger charge is 2.12. The van der Waals surface area contributed by atoms with Gasteiger partial charge in [-0.3, -0.25) is 0 Å². The molecule has 0 unspecified atom stereocenters. The number of para-hydroxylation sites is 1. The summed E-state index contributed by atoms with van der Waals surface area (Å²) < 4.78 is 19.5. The first-order valence-electron chi connectivity index (χ1n) is 11.3. The van der Waals surface area contributed by atoms with Gasteiger partial charge in [0.05, 0.1) is 12.1 Å². The Balaban J connectivity index is 1.69. The average molecular weight is 460 g/mol. The topological polar surface area (TPSA) is 62.3 Å². The van der Waals surface area contributed by atoms with Gasteiger partial charge in [-0.25, -0.2) is 9.37 Å². The Morgan fingerprint density at radius 2 is 1.68 bits per heavy atom. The molecule has 1 aromatic heterocycles. The maximum atomic E-state index is 13.5. The summed E-state index contributed by atoms with van der Waals surface area (Å²) >= 11 is 0. The van der Waals surface area contributed by atoms with Crippen molar-refractivity contribution in [3.8, 4) is 5.75 Å². The SMILES string of the molecule is Cc1cc(F)ccc1Nc1nc(Nc2ccccc2C)c2cc(OCCCN(C)C)ccc2n1. The van der Waals surface area contributed by atoms with Gasteiger partial charge in [-0.2, -0.15) is 4.98 Å². The quantitative estimate of drug-likeness (QED) is 0.291. The Kier molecular flexibility index (Phi) is 7.23. The molecule has 4 rings (SSSR count). The van der Waals surface area contributed by atoms with E-state index in [9.17, 15) is 4.39 Å². The smallest absolute Gasteiger partial charge is 0.229 e. The number of benzene rings is 3. The second kappa shape index (κ2) is 10.5.